The predicted molar refractivity (Wildman–Crippen MR) is 74.2 cm³/mol. The summed E-state index contributed by atoms with van der Waals surface area (Å²) in [5.74, 6) is -0.0671. The maximum Gasteiger partial charge on any atom is 0.255 e. The van der Waals surface area contributed by atoms with Crippen LogP contribution in [0.25, 0.3) is 0 Å². The van der Waals surface area contributed by atoms with Crippen LogP contribution in [0.2, 0.25) is 0 Å². The number of nitrogens with one attached hydrogen (secondary N) is 1. The van der Waals surface area contributed by atoms with Crippen LogP contribution in [0, 0.1) is 6.92 Å². The number of amides is 1. The Labute approximate surface area is 108 Å². The highest BCUT2D eigenvalue weighted by Crippen LogP contribution is 2.10. The predicted octanol–water partition coefficient (Wildman–Crippen LogP) is 3.51. The van der Waals surface area contributed by atoms with E-state index < -0.39 is 0 Å². The van der Waals surface area contributed by atoms with Gasteiger partial charge in [0.05, 0.1) is 0 Å². The molecule has 92 valence electrons. The lowest BCUT2D eigenvalue weighted by molar-refractivity contribution is 0.0967. The summed E-state index contributed by atoms with van der Waals surface area (Å²) in [5, 5.41) is 2.91. The normalized spacial score (nSPS) is 14.6. The van der Waals surface area contributed by atoms with Gasteiger partial charge in [-0.1, -0.05) is 35.4 Å². The Bertz CT molecular complexity index is 550. The van der Waals surface area contributed by atoms with Crippen LogP contribution in [0.15, 0.2) is 59.8 Å². The minimum atomic E-state index is -0.0671. The second kappa shape index (κ2) is 5.50. The third-order valence-electron chi connectivity index (χ3n) is 2.82. The van der Waals surface area contributed by atoms with Gasteiger partial charge in [-0.05, 0) is 44.6 Å². The number of carbonyl (C=O) groups is 1. The van der Waals surface area contributed by atoms with Crippen LogP contribution in [0.5, 0.6) is 0 Å². The number of allylic oxidation sites excluding steroid dienone is 5. The van der Waals surface area contributed by atoms with E-state index >= 15 is 0 Å². The Morgan fingerprint density at radius 2 is 2.06 bits per heavy atom. The quantitative estimate of drug-likeness (QED) is 0.840. The largest absolute Gasteiger partial charge is 0.322 e. The fourth-order valence-electron chi connectivity index (χ4n) is 1.80. The van der Waals surface area contributed by atoms with Crippen molar-refractivity contribution in [1.82, 2.24) is 5.32 Å². The SMILES string of the molecule is CC1=CC=C(NC(=O)c2cccc(C)c2)C=CC1. The first kappa shape index (κ1) is 12.4. The zero-order valence-corrected chi connectivity index (χ0v) is 10.7. The van der Waals surface area contributed by atoms with Crippen molar-refractivity contribution in [3.63, 3.8) is 0 Å². The van der Waals surface area contributed by atoms with Crippen LogP contribution in [-0.2, 0) is 0 Å². The summed E-state index contributed by atoms with van der Waals surface area (Å²) < 4.78 is 0. The molecule has 1 aromatic rings. The van der Waals surface area contributed by atoms with Crippen LogP contribution < -0.4 is 5.32 Å². The van der Waals surface area contributed by atoms with E-state index in [4.69, 9.17) is 0 Å². The molecule has 0 atom stereocenters. The molecule has 2 rings (SSSR count). The molecule has 1 aliphatic carbocycles. The van der Waals surface area contributed by atoms with Crippen molar-refractivity contribution in [2.75, 3.05) is 0 Å². The standard InChI is InChI=1S/C16H17NO/c1-12-5-4-8-15(10-9-12)17-16(18)14-7-3-6-13(2)11-14/h3-4,6-11H,5H2,1-2H3,(H,17,18). The fourth-order valence-corrected chi connectivity index (χ4v) is 1.80. The van der Waals surface area contributed by atoms with Gasteiger partial charge < -0.3 is 5.32 Å². The summed E-state index contributed by atoms with van der Waals surface area (Å²) >= 11 is 0. The van der Waals surface area contributed by atoms with Gasteiger partial charge in [-0.3, -0.25) is 4.79 Å². The topological polar surface area (TPSA) is 29.1 Å². The number of hydrogen-bond donors (Lipinski definition) is 1. The van der Waals surface area contributed by atoms with Gasteiger partial charge in [-0.15, -0.1) is 0 Å². The molecule has 0 spiro atoms. The van der Waals surface area contributed by atoms with Crippen molar-refractivity contribution < 1.29 is 4.79 Å². The van der Waals surface area contributed by atoms with Crippen LogP contribution >= 0.6 is 0 Å². The van der Waals surface area contributed by atoms with Crippen molar-refractivity contribution in [2.45, 2.75) is 20.3 Å². The Balaban J connectivity index is 2.13. The molecular formula is C16H17NO. The molecule has 0 heterocycles. The second-order valence-corrected chi connectivity index (χ2v) is 4.57. The highest BCUT2D eigenvalue weighted by Gasteiger charge is 2.06. The lowest BCUT2D eigenvalue weighted by Gasteiger charge is -2.05. The molecule has 0 bridgehead atoms. The Kier molecular flexibility index (Phi) is 3.78. The van der Waals surface area contributed by atoms with E-state index in [1.807, 2.05) is 49.4 Å². The third kappa shape index (κ3) is 3.20. The average Bonchev–Trinajstić information content (AvgIpc) is 2.54. The molecule has 1 aromatic carbocycles. The summed E-state index contributed by atoms with van der Waals surface area (Å²) in [4.78, 5) is 12.1. The van der Waals surface area contributed by atoms with Gasteiger partial charge in [0.25, 0.3) is 5.91 Å². The zero-order chi connectivity index (χ0) is 13.0. The molecule has 18 heavy (non-hydrogen) atoms. The number of benzene rings is 1. The van der Waals surface area contributed by atoms with Gasteiger partial charge in [0.1, 0.15) is 0 Å². The molecule has 0 aliphatic heterocycles. The number of hydrogen-bond acceptors (Lipinski definition) is 1. The van der Waals surface area contributed by atoms with Crippen molar-refractivity contribution in [1.29, 1.82) is 0 Å². The highest BCUT2D eigenvalue weighted by atomic mass is 16.1. The highest BCUT2D eigenvalue weighted by molar-refractivity contribution is 5.95. The van der Waals surface area contributed by atoms with Gasteiger partial charge >= 0.3 is 0 Å². The van der Waals surface area contributed by atoms with E-state index in [1.165, 1.54) is 5.57 Å². The van der Waals surface area contributed by atoms with Crippen LogP contribution in [0.3, 0.4) is 0 Å². The molecule has 0 radical (unpaired) electrons. The summed E-state index contributed by atoms with van der Waals surface area (Å²) in [7, 11) is 0. The third-order valence-corrected chi connectivity index (χ3v) is 2.82. The van der Waals surface area contributed by atoms with Gasteiger partial charge in [-0.25, -0.2) is 0 Å². The maximum absolute atomic E-state index is 12.1. The van der Waals surface area contributed by atoms with Gasteiger partial charge in [0, 0.05) is 11.3 Å². The molecule has 0 fully saturated rings. The molecule has 1 amide bonds. The van der Waals surface area contributed by atoms with Gasteiger partial charge in [0.15, 0.2) is 0 Å². The number of carbonyl (C=O) groups excluding carboxylic acids is 1. The first-order chi connectivity index (χ1) is 8.65. The molecule has 0 saturated carbocycles. The summed E-state index contributed by atoms with van der Waals surface area (Å²) in [6.07, 6.45) is 8.90. The van der Waals surface area contributed by atoms with Crippen molar-refractivity contribution in [3.05, 3.63) is 71.0 Å². The van der Waals surface area contributed by atoms with Crippen molar-refractivity contribution in [3.8, 4) is 0 Å². The Morgan fingerprint density at radius 1 is 1.22 bits per heavy atom. The summed E-state index contributed by atoms with van der Waals surface area (Å²) in [6, 6.07) is 7.58. The molecule has 1 aliphatic rings. The first-order valence-electron chi connectivity index (χ1n) is 6.07. The first-order valence-corrected chi connectivity index (χ1v) is 6.07. The Hall–Kier alpha value is -2.09. The molecule has 0 unspecified atom stereocenters. The van der Waals surface area contributed by atoms with E-state index in [0.717, 1.165) is 17.7 Å². The van der Waals surface area contributed by atoms with Crippen LogP contribution in [0.1, 0.15) is 29.3 Å². The second-order valence-electron chi connectivity index (χ2n) is 4.57. The van der Waals surface area contributed by atoms with E-state index in [-0.39, 0.29) is 5.91 Å². The minimum absolute atomic E-state index is 0.0671. The van der Waals surface area contributed by atoms with Crippen LogP contribution in [0.4, 0.5) is 0 Å². The molecule has 2 nitrogen and oxygen atoms in total. The smallest absolute Gasteiger partial charge is 0.255 e. The monoisotopic (exact) mass is 239 g/mol. The van der Waals surface area contributed by atoms with E-state index in [1.54, 1.807) is 0 Å². The molecule has 0 aromatic heterocycles. The Morgan fingerprint density at radius 3 is 2.83 bits per heavy atom. The van der Waals surface area contributed by atoms with E-state index in [9.17, 15) is 4.79 Å². The van der Waals surface area contributed by atoms with Crippen molar-refractivity contribution in [2.24, 2.45) is 0 Å². The number of rotatable bonds is 2. The van der Waals surface area contributed by atoms with Crippen molar-refractivity contribution >= 4 is 5.91 Å². The van der Waals surface area contributed by atoms with Crippen LogP contribution in [-0.4, -0.2) is 5.91 Å². The zero-order valence-electron chi connectivity index (χ0n) is 10.7. The molecule has 1 N–H and O–H groups in total. The maximum atomic E-state index is 12.1. The number of aryl methyl sites for hydroxylation is 1. The minimum Gasteiger partial charge on any atom is -0.322 e. The van der Waals surface area contributed by atoms with E-state index in [2.05, 4.69) is 18.3 Å². The van der Waals surface area contributed by atoms with Gasteiger partial charge in [0.2, 0.25) is 0 Å². The molecule has 2 heteroatoms. The average molecular weight is 239 g/mol. The lowest BCUT2D eigenvalue weighted by Crippen LogP contribution is -2.21. The summed E-state index contributed by atoms with van der Waals surface area (Å²) in [6.45, 7) is 4.06. The fraction of sp³-hybridized carbons (Fsp3) is 0.188. The lowest BCUT2D eigenvalue weighted by atomic mass is 10.1. The molecule has 0 saturated heterocycles. The molecular weight excluding hydrogens is 222 g/mol. The van der Waals surface area contributed by atoms with E-state index in [0.29, 0.717) is 5.56 Å². The van der Waals surface area contributed by atoms with Gasteiger partial charge in [-0.2, -0.15) is 0 Å². The summed E-state index contributed by atoms with van der Waals surface area (Å²) in [5.41, 5.74) is 3.89.